The van der Waals surface area contributed by atoms with Gasteiger partial charge in [-0.1, -0.05) is 0 Å². The number of phenolic OH excluding ortho intramolecular Hbond substituents is 1. The van der Waals surface area contributed by atoms with Crippen LogP contribution in [0.3, 0.4) is 0 Å². The molecule has 0 bridgehead atoms. The molecule has 6 nitrogen and oxygen atoms in total. The smallest absolute Gasteiger partial charge is 0.311 e. The van der Waals surface area contributed by atoms with Gasteiger partial charge in [-0.05, 0) is 99.5 Å². The minimum absolute atomic E-state index is 0.0250. The number of aromatic hydroxyl groups is 1. The Labute approximate surface area is 172 Å². The van der Waals surface area contributed by atoms with E-state index in [1.807, 2.05) is 0 Å². The summed E-state index contributed by atoms with van der Waals surface area (Å²) < 4.78 is 7.47. The van der Waals surface area contributed by atoms with E-state index in [0.29, 0.717) is 6.42 Å². The molecule has 1 aliphatic rings. The molecule has 0 saturated heterocycles. The highest BCUT2D eigenvalue weighted by atomic mass is 127. The second kappa shape index (κ2) is 7.62. The fraction of sp³-hybridized carbons (Fsp3) is 0.294. The number of nitrogens with one attached hydrogen (secondary N) is 1. The van der Waals surface area contributed by atoms with E-state index >= 15 is 0 Å². The molecule has 25 heavy (non-hydrogen) atoms. The van der Waals surface area contributed by atoms with Gasteiger partial charge >= 0.3 is 5.69 Å². The molecule has 2 aromatic rings. The summed E-state index contributed by atoms with van der Waals surface area (Å²) in [6, 6.07) is 7.16. The van der Waals surface area contributed by atoms with E-state index in [2.05, 4.69) is 62.6 Å². The van der Waals surface area contributed by atoms with Crippen molar-refractivity contribution in [2.45, 2.75) is 18.9 Å². The van der Waals surface area contributed by atoms with Crippen molar-refractivity contribution in [1.29, 1.82) is 0 Å². The van der Waals surface area contributed by atoms with E-state index in [1.54, 1.807) is 7.11 Å². The van der Waals surface area contributed by atoms with Crippen molar-refractivity contribution in [2.75, 3.05) is 13.7 Å². The topological polar surface area (TPSA) is 84.6 Å². The van der Waals surface area contributed by atoms with Gasteiger partial charge in [-0.15, -0.1) is 0 Å². The van der Waals surface area contributed by atoms with E-state index in [1.165, 1.54) is 12.1 Å². The van der Waals surface area contributed by atoms with Gasteiger partial charge in [0.1, 0.15) is 5.75 Å². The number of nitrogens with zero attached hydrogens (tertiary/aromatic N) is 1. The third-order valence-corrected chi connectivity index (χ3v) is 5.90. The van der Waals surface area contributed by atoms with Gasteiger partial charge in [-0.25, -0.2) is 0 Å². The Bertz CT molecular complexity index is 819. The molecule has 1 atom stereocenters. The molecule has 0 fully saturated rings. The molecule has 132 valence electrons. The molecule has 2 aromatic carbocycles. The maximum Gasteiger partial charge on any atom is 0.311 e. The third-order valence-electron chi connectivity index (χ3n) is 4.30. The highest BCUT2D eigenvalue weighted by Gasteiger charge is 2.26. The van der Waals surface area contributed by atoms with Crippen LogP contribution in [-0.4, -0.2) is 23.7 Å². The molecular formula is C17H16I2N2O4. The summed E-state index contributed by atoms with van der Waals surface area (Å²) in [4.78, 5) is 10.6. The van der Waals surface area contributed by atoms with Crippen molar-refractivity contribution < 1.29 is 14.8 Å². The van der Waals surface area contributed by atoms with Crippen LogP contribution in [0.1, 0.15) is 22.7 Å². The molecule has 3 rings (SSSR count). The number of methoxy groups -OCH3 is 1. The Morgan fingerprint density at radius 2 is 2.00 bits per heavy atom. The van der Waals surface area contributed by atoms with Crippen LogP contribution in [0.25, 0.3) is 0 Å². The number of ether oxygens (including phenoxy) is 1. The SMILES string of the molecule is COc1c(I)cc(C[C@H]2NCCc3cc(O)c([N+](=O)[O-])cc32)cc1I. The first-order valence-electron chi connectivity index (χ1n) is 7.66. The Morgan fingerprint density at radius 3 is 2.60 bits per heavy atom. The van der Waals surface area contributed by atoms with Crippen LogP contribution in [0.15, 0.2) is 24.3 Å². The van der Waals surface area contributed by atoms with Gasteiger partial charge in [0.05, 0.1) is 19.2 Å². The zero-order chi connectivity index (χ0) is 18.1. The molecule has 0 unspecified atom stereocenters. The fourth-order valence-corrected chi connectivity index (χ4v) is 5.49. The van der Waals surface area contributed by atoms with Crippen LogP contribution >= 0.6 is 45.2 Å². The van der Waals surface area contributed by atoms with Crippen LogP contribution in [0.2, 0.25) is 0 Å². The molecule has 0 saturated carbocycles. The van der Waals surface area contributed by atoms with Crippen molar-refractivity contribution in [3.05, 3.63) is 58.2 Å². The molecule has 0 radical (unpaired) electrons. The van der Waals surface area contributed by atoms with Gasteiger partial charge < -0.3 is 15.2 Å². The molecule has 2 N–H and O–H groups in total. The maximum absolute atomic E-state index is 11.1. The molecule has 0 aromatic heterocycles. The molecule has 1 aliphatic heterocycles. The number of hydrogen-bond donors (Lipinski definition) is 2. The van der Waals surface area contributed by atoms with Gasteiger partial charge in [-0.2, -0.15) is 0 Å². The summed E-state index contributed by atoms with van der Waals surface area (Å²) in [5, 5.41) is 24.4. The zero-order valence-corrected chi connectivity index (χ0v) is 17.7. The van der Waals surface area contributed by atoms with Crippen molar-refractivity contribution in [1.82, 2.24) is 5.32 Å². The molecule has 0 aliphatic carbocycles. The summed E-state index contributed by atoms with van der Waals surface area (Å²) in [7, 11) is 1.66. The Kier molecular flexibility index (Phi) is 5.68. The number of nitro groups is 1. The minimum Gasteiger partial charge on any atom is -0.502 e. The van der Waals surface area contributed by atoms with Gasteiger partial charge in [-0.3, -0.25) is 10.1 Å². The second-order valence-electron chi connectivity index (χ2n) is 5.85. The lowest BCUT2D eigenvalue weighted by molar-refractivity contribution is -0.386. The first-order chi connectivity index (χ1) is 11.9. The van der Waals surface area contributed by atoms with Crippen LogP contribution in [0.4, 0.5) is 5.69 Å². The van der Waals surface area contributed by atoms with E-state index < -0.39 is 4.92 Å². The van der Waals surface area contributed by atoms with E-state index in [-0.39, 0.29) is 17.5 Å². The molecule has 0 amide bonds. The van der Waals surface area contributed by atoms with E-state index in [4.69, 9.17) is 4.74 Å². The predicted octanol–water partition coefficient (Wildman–Crippen LogP) is 3.95. The van der Waals surface area contributed by atoms with Crippen molar-refractivity contribution in [3.8, 4) is 11.5 Å². The first-order valence-corrected chi connectivity index (χ1v) is 9.82. The van der Waals surface area contributed by atoms with Crippen LogP contribution in [-0.2, 0) is 12.8 Å². The number of fused-ring (bicyclic) bond motifs is 1. The highest BCUT2D eigenvalue weighted by molar-refractivity contribution is 14.1. The zero-order valence-electron chi connectivity index (χ0n) is 13.4. The lowest BCUT2D eigenvalue weighted by atomic mass is 9.89. The number of phenols is 1. The van der Waals surface area contributed by atoms with Gasteiger partial charge in [0, 0.05) is 12.1 Å². The number of halogens is 2. The number of benzene rings is 2. The molecule has 8 heteroatoms. The van der Waals surface area contributed by atoms with Crippen LogP contribution < -0.4 is 10.1 Å². The predicted molar refractivity (Wildman–Crippen MR) is 111 cm³/mol. The van der Waals surface area contributed by atoms with Crippen molar-refractivity contribution in [2.24, 2.45) is 0 Å². The van der Waals surface area contributed by atoms with E-state index in [9.17, 15) is 15.2 Å². The van der Waals surface area contributed by atoms with Gasteiger partial charge in [0.25, 0.3) is 0 Å². The van der Waals surface area contributed by atoms with Crippen LogP contribution in [0.5, 0.6) is 11.5 Å². The molecule has 0 spiro atoms. The summed E-state index contributed by atoms with van der Waals surface area (Å²) in [6.45, 7) is 0.777. The number of rotatable bonds is 4. The Morgan fingerprint density at radius 1 is 1.32 bits per heavy atom. The highest BCUT2D eigenvalue weighted by Crippen LogP contribution is 2.36. The summed E-state index contributed by atoms with van der Waals surface area (Å²) in [5.74, 6) is 0.598. The van der Waals surface area contributed by atoms with Gasteiger partial charge in [0.2, 0.25) is 0 Å². The summed E-state index contributed by atoms with van der Waals surface area (Å²) in [5.41, 5.74) is 2.74. The summed E-state index contributed by atoms with van der Waals surface area (Å²) >= 11 is 4.50. The quantitative estimate of drug-likeness (QED) is 0.333. The van der Waals surface area contributed by atoms with Crippen molar-refractivity contribution >= 4 is 50.9 Å². The maximum atomic E-state index is 11.1. The summed E-state index contributed by atoms with van der Waals surface area (Å²) in [6.07, 6.45) is 1.46. The number of nitro benzene ring substituents is 1. The van der Waals surface area contributed by atoms with Crippen molar-refractivity contribution in [3.63, 3.8) is 0 Å². The molecule has 1 heterocycles. The first kappa shape index (κ1) is 18.6. The normalized spacial score (nSPS) is 16.4. The average Bonchev–Trinajstić information content (AvgIpc) is 2.54. The Balaban J connectivity index is 1.96. The number of hydrogen-bond acceptors (Lipinski definition) is 5. The second-order valence-corrected chi connectivity index (χ2v) is 8.17. The monoisotopic (exact) mass is 566 g/mol. The van der Waals surface area contributed by atoms with E-state index in [0.717, 1.165) is 42.5 Å². The largest absolute Gasteiger partial charge is 0.502 e. The fourth-order valence-electron chi connectivity index (χ4n) is 3.16. The Hall–Kier alpha value is -1.14. The third kappa shape index (κ3) is 3.85. The molecular weight excluding hydrogens is 550 g/mol. The minimum atomic E-state index is -0.541. The average molecular weight is 566 g/mol. The van der Waals surface area contributed by atoms with Crippen LogP contribution in [0, 0.1) is 17.3 Å². The van der Waals surface area contributed by atoms with Gasteiger partial charge in [0.15, 0.2) is 5.75 Å². The standard InChI is InChI=1S/C17H16I2N2O4/c1-25-17-12(18)4-9(5-13(17)19)6-14-11-8-15(21(23)24)16(22)7-10(11)2-3-20-14/h4-5,7-8,14,20,22H,2-3,6H2,1H3/t14-/m1/s1. The lowest BCUT2D eigenvalue weighted by Crippen LogP contribution is -2.31. The lowest BCUT2D eigenvalue weighted by Gasteiger charge is -2.27.